The predicted octanol–water partition coefficient (Wildman–Crippen LogP) is 4.71. The SMILES string of the molecule is Cc1nocc1-c1ccc2c(=O)n(Cc3cccc(C(=O)Nc4nc5c(s4)CCN(C)C5)c3)ccc2c1. The molecule has 9 heteroatoms. The highest BCUT2D eigenvalue weighted by Crippen LogP contribution is 2.28. The van der Waals surface area contributed by atoms with Gasteiger partial charge in [0.15, 0.2) is 5.13 Å². The minimum Gasteiger partial charge on any atom is -0.364 e. The van der Waals surface area contributed by atoms with Crippen molar-refractivity contribution in [1.29, 1.82) is 0 Å². The third-order valence-corrected chi connectivity index (χ3v) is 7.79. The van der Waals surface area contributed by atoms with Gasteiger partial charge in [-0.25, -0.2) is 4.98 Å². The number of aromatic nitrogens is 3. The Bertz CT molecular complexity index is 1700. The lowest BCUT2D eigenvalue weighted by Gasteiger charge is -2.20. The van der Waals surface area contributed by atoms with Crippen molar-refractivity contribution in [2.75, 3.05) is 18.9 Å². The molecule has 5 aromatic rings. The molecule has 2 aromatic carbocycles. The molecular weight excluding hydrogens is 486 g/mol. The van der Waals surface area contributed by atoms with E-state index in [4.69, 9.17) is 4.52 Å². The summed E-state index contributed by atoms with van der Waals surface area (Å²) in [5.41, 5.74) is 5.03. The van der Waals surface area contributed by atoms with Gasteiger partial charge in [0.2, 0.25) is 0 Å². The first-order valence-corrected chi connectivity index (χ1v) is 12.9. The van der Waals surface area contributed by atoms with E-state index in [-0.39, 0.29) is 11.5 Å². The molecule has 0 unspecified atom stereocenters. The van der Waals surface area contributed by atoms with Crippen LogP contribution in [0.3, 0.4) is 0 Å². The summed E-state index contributed by atoms with van der Waals surface area (Å²) in [4.78, 5) is 34.3. The summed E-state index contributed by atoms with van der Waals surface area (Å²) in [7, 11) is 2.07. The fourth-order valence-corrected chi connectivity index (χ4v) is 5.66. The van der Waals surface area contributed by atoms with E-state index in [1.807, 2.05) is 49.4 Å². The van der Waals surface area contributed by atoms with Crippen molar-refractivity contribution in [3.05, 3.63) is 98.7 Å². The Morgan fingerprint density at radius 2 is 2.08 bits per heavy atom. The lowest BCUT2D eigenvalue weighted by atomic mass is 10.0. The minimum absolute atomic E-state index is 0.0840. The van der Waals surface area contributed by atoms with Crippen LogP contribution in [0.5, 0.6) is 0 Å². The summed E-state index contributed by atoms with van der Waals surface area (Å²) < 4.78 is 6.72. The normalized spacial score (nSPS) is 13.6. The number of pyridine rings is 1. The van der Waals surface area contributed by atoms with E-state index >= 15 is 0 Å². The standard InChI is InChI=1S/C28H25N5O3S/c1-17-23(16-36-31-17)19-6-7-22-20(13-19)8-11-33(27(22)35)14-18-4-3-5-21(12-18)26(34)30-28-29-24-15-32(2)10-9-25(24)37-28/h3-8,11-13,16H,9-10,14-15H2,1-2H3,(H,29,30,34). The number of rotatable bonds is 5. The first-order valence-electron chi connectivity index (χ1n) is 12.1. The summed E-state index contributed by atoms with van der Waals surface area (Å²) >= 11 is 1.55. The van der Waals surface area contributed by atoms with Crippen LogP contribution in [0.2, 0.25) is 0 Å². The molecule has 0 aliphatic carbocycles. The molecule has 3 aromatic heterocycles. The number of likely N-dealkylation sites (N-methyl/N-ethyl adjacent to an activating group) is 1. The predicted molar refractivity (Wildman–Crippen MR) is 144 cm³/mol. The first kappa shape index (κ1) is 23.3. The van der Waals surface area contributed by atoms with Crippen LogP contribution < -0.4 is 10.9 Å². The largest absolute Gasteiger partial charge is 0.364 e. The van der Waals surface area contributed by atoms with Gasteiger partial charge in [0.25, 0.3) is 11.5 Å². The van der Waals surface area contributed by atoms with Crippen LogP contribution in [-0.2, 0) is 19.5 Å². The number of benzene rings is 2. The Hall–Kier alpha value is -4.08. The molecule has 0 radical (unpaired) electrons. The van der Waals surface area contributed by atoms with E-state index in [1.54, 1.807) is 34.4 Å². The van der Waals surface area contributed by atoms with Gasteiger partial charge in [-0.3, -0.25) is 14.9 Å². The molecule has 4 heterocycles. The third-order valence-electron chi connectivity index (χ3n) is 6.72. The van der Waals surface area contributed by atoms with Crippen molar-refractivity contribution in [2.45, 2.75) is 26.4 Å². The molecule has 1 aliphatic heterocycles. The molecule has 6 rings (SSSR count). The van der Waals surface area contributed by atoms with Crippen molar-refractivity contribution >= 4 is 33.1 Å². The fraction of sp³-hybridized carbons (Fsp3) is 0.214. The van der Waals surface area contributed by atoms with Crippen LogP contribution in [0.25, 0.3) is 21.9 Å². The summed E-state index contributed by atoms with van der Waals surface area (Å²) in [6, 6.07) is 15.0. The van der Waals surface area contributed by atoms with Crippen molar-refractivity contribution < 1.29 is 9.32 Å². The van der Waals surface area contributed by atoms with Crippen molar-refractivity contribution in [3.8, 4) is 11.1 Å². The lowest BCUT2D eigenvalue weighted by molar-refractivity contribution is 0.102. The van der Waals surface area contributed by atoms with Gasteiger partial charge < -0.3 is 14.0 Å². The molecule has 1 N–H and O–H groups in total. The van der Waals surface area contributed by atoms with Gasteiger partial charge in [-0.2, -0.15) is 0 Å². The number of fused-ring (bicyclic) bond motifs is 2. The average Bonchev–Trinajstić information content (AvgIpc) is 3.50. The maximum absolute atomic E-state index is 13.2. The number of aryl methyl sites for hydroxylation is 1. The van der Waals surface area contributed by atoms with Crippen molar-refractivity contribution in [3.63, 3.8) is 0 Å². The number of amides is 1. The molecule has 0 atom stereocenters. The number of thiazole rings is 1. The highest BCUT2D eigenvalue weighted by Gasteiger charge is 2.19. The molecule has 0 saturated carbocycles. The summed E-state index contributed by atoms with van der Waals surface area (Å²) in [5, 5.41) is 9.00. The number of anilines is 1. The molecule has 0 saturated heterocycles. The Labute approximate surface area is 217 Å². The Kier molecular flexibility index (Phi) is 5.94. The Balaban J connectivity index is 1.21. The van der Waals surface area contributed by atoms with E-state index in [0.717, 1.165) is 53.0 Å². The molecule has 186 valence electrons. The zero-order valence-electron chi connectivity index (χ0n) is 20.5. The highest BCUT2D eigenvalue weighted by molar-refractivity contribution is 7.15. The quantitative estimate of drug-likeness (QED) is 0.367. The summed E-state index contributed by atoms with van der Waals surface area (Å²) in [5.74, 6) is -0.205. The van der Waals surface area contributed by atoms with Crippen LogP contribution in [0.15, 0.2) is 70.3 Å². The zero-order chi connectivity index (χ0) is 25.5. The molecular formula is C28H25N5O3S. The third kappa shape index (κ3) is 4.59. The zero-order valence-corrected chi connectivity index (χ0v) is 21.3. The topological polar surface area (TPSA) is 93.3 Å². The number of carbonyl (C=O) groups is 1. The van der Waals surface area contributed by atoms with Gasteiger partial charge in [-0.05, 0) is 67.2 Å². The minimum atomic E-state index is -0.205. The van der Waals surface area contributed by atoms with Gasteiger partial charge in [0.05, 0.1) is 17.9 Å². The van der Waals surface area contributed by atoms with Crippen molar-refractivity contribution in [1.82, 2.24) is 19.6 Å². The average molecular weight is 512 g/mol. The molecule has 1 amide bonds. The van der Waals surface area contributed by atoms with Crippen LogP contribution in [0.1, 0.15) is 32.2 Å². The van der Waals surface area contributed by atoms with E-state index < -0.39 is 0 Å². The molecule has 0 spiro atoms. The van der Waals surface area contributed by atoms with Gasteiger partial charge in [0.1, 0.15) is 6.26 Å². The van der Waals surface area contributed by atoms with Gasteiger partial charge in [0, 0.05) is 40.7 Å². The van der Waals surface area contributed by atoms with Gasteiger partial charge in [-0.15, -0.1) is 11.3 Å². The van der Waals surface area contributed by atoms with Crippen molar-refractivity contribution in [2.24, 2.45) is 0 Å². The monoisotopic (exact) mass is 511 g/mol. The van der Waals surface area contributed by atoms with E-state index in [9.17, 15) is 9.59 Å². The van der Waals surface area contributed by atoms with Crippen LogP contribution in [-0.4, -0.2) is 39.1 Å². The Morgan fingerprint density at radius 1 is 1.19 bits per heavy atom. The number of nitrogens with one attached hydrogen (secondary N) is 1. The summed E-state index contributed by atoms with van der Waals surface area (Å²) in [6.45, 7) is 4.05. The van der Waals surface area contributed by atoms with Crippen LogP contribution >= 0.6 is 11.3 Å². The second-order valence-electron chi connectivity index (χ2n) is 9.40. The number of hydrogen-bond acceptors (Lipinski definition) is 7. The molecule has 0 fully saturated rings. The van der Waals surface area contributed by atoms with E-state index in [0.29, 0.717) is 22.6 Å². The van der Waals surface area contributed by atoms with E-state index in [1.165, 1.54) is 4.88 Å². The second-order valence-corrected chi connectivity index (χ2v) is 10.5. The van der Waals surface area contributed by atoms with Gasteiger partial charge >= 0.3 is 0 Å². The molecule has 0 bridgehead atoms. The van der Waals surface area contributed by atoms with E-state index in [2.05, 4.69) is 27.4 Å². The molecule has 8 nitrogen and oxygen atoms in total. The Morgan fingerprint density at radius 3 is 2.92 bits per heavy atom. The number of carbonyl (C=O) groups excluding carboxylic acids is 1. The van der Waals surface area contributed by atoms with Crippen LogP contribution in [0.4, 0.5) is 5.13 Å². The van der Waals surface area contributed by atoms with Crippen LogP contribution in [0, 0.1) is 6.92 Å². The maximum atomic E-state index is 13.2. The fourth-order valence-electron chi connectivity index (χ4n) is 4.71. The molecule has 1 aliphatic rings. The molecule has 37 heavy (non-hydrogen) atoms. The number of nitrogens with zero attached hydrogens (tertiary/aromatic N) is 4. The first-order chi connectivity index (χ1) is 17.9. The second kappa shape index (κ2) is 9.42. The highest BCUT2D eigenvalue weighted by atomic mass is 32.1. The maximum Gasteiger partial charge on any atom is 0.258 e. The lowest BCUT2D eigenvalue weighted by Crippen LogP contribution is -2.25. The summed E-state index contributed by atoms with van der Waals surface area (Å²) in [6.07, 6.45) is 4.36. The number of hydrogen-bond donors (Lipinski definition) is 1. The van der Waals surface area contributed by atoms with Gasteiger partial charge in [-0.1, -0.05) is 23.4 Å². The smallest absolute Gasteiger partial charge is 0.258 e.